The molecular weight excluding hydrogens is 406 g/mol. The fraction of sp³-hybridized carbons (Fsp3) is 0.190. The van der Waals surface area contributed by atoms with Gasteiger partial charge in [-0.2, -0.15) is 0 Å². The van der Waals surface area contributed by atoms with Gasteiger partial charge in [-0.25, -0.2) is 18.7 Å². The number of pyridine rings is 1. The van der Waals surface area contributed by atoms with Gasteiger partial charge in [-0.15, -0.1) is 11.3 Å². The second-order valence-electron chi connectivity index (χ2n) is 7.02. The van der Waals surface area contributed by atoms with Crippen molar-refractivity contribution in [3.63, 3.8) is 0 Å². The summed E-state index contributed by atoms with van der Waals surface area (Å²) in [5.41, 5.74) is 1.87. The molecule has 4 heterocycles. The van der Waals surface area contributed by atoms with Gasteiger partial charge in [-0.3, -0.25) is 4.98 Å². The first-order valence-electron chi connectivity index (χ1n) is 9.57. The summed E-state index contributed by atoms with van der Waals surface area (Å²) in [5.74, 6) is 0.0446. The second kappa shape index (κ2) is 7.92. The third-order valence-corrected chi connectivity index (χ3v) is 5.95. The minimum atomic E-state index is -0.496. The molecule has 1 aliphatic heterocycles. The fourth-order valence-corrected chi connectivity index (χ4v) is 4.35. The molecule has 0 spiro atoms. The molecule has 1 aliphatic rings. The Morgan fingerprint density at radius 3 is 2.77 bits per heavy atom. The highest BCUT2D eigenvalue weighted by Crippen LogP contribution is 2.37. The number of hydrogen-bond donors (Lipinski definition) is 3. The smallest absolute Gasteiger partial charge is 0.165 e. The zero-order valence-corrected chi connectivity index (χ0v) is 16.6. The van der Waals surface area contributed by atoms with Crippen LogP contribution in [-0.4, -0.2) is 34.1 Å². The van der Waals surface area contributed by atoms with Crippen molar-refractivity contribution in [2.45, 2.75) is 12.5 Å². The Kier molecular flexibility index (Phi) is 4.97. The molecule has 0 aliphatic carbocycles. The summed E-state index contributed by atoms with van der Waals surface area (Å²) in [4.78, 5) is 13.0. The number of benzene rings is 1. The number of hydrogen-bond acceptors (Lipinski definition) is 7. The molecule has 0 saturated carbocycles. The van der Waals surface area contributed by atoms with Gasteiger partial charge in [-0.05, 0) is 31.2 Å². The molecule has 1 atom stereocenters. The van der Waals surface area contributed by atoms with E-state index >= 15 is 0 Å². The van der Waals surface area contributed by atoms with Crippen molar-refractivity contribution in [1.82, 2.24) is 20.3 Å². The highest BCUT2D eigenvalue weighted by atomic mass is 32.1. The van der Waals surface area contributed by atoms with E-state index in [1.807, 2.05) is 5.38 Å². The van der Waals surface area contributed by atoms with E-state index in [2.05, 4.69) is 30.9 Å². The number of rotatable bonds is 5. The van der Waals surface area contributed by atoms with Crippen molar-refractivity contribution in [2.24, 2.45) is 0 Å². The lowest BCUT2D eigenvalue weighted by molar-refractivity contribution is 0.623. The predicted octanol–water partition coefficient (Wildman–Crippen LogP) is 4.55. The van der Waals surface area contributed by atoms with Gasteiger partial charge < -0.3 is 16.0 Å². The van der Waals surface area contributed by atoms with Gasteiger partial charge in [0.1, 0.15) is 17.2 Å². The zero-order chi connectivity index (χ0) is 20.5. The maximum Gasteiger partial charge on any atom is 0.165 e. The highest BCUT2D eigenvalue weighted by molar-refractivity contribution is 7.18. The molecule has 1 saturated heterocycles. The lowest BCUT2D eigenvalue weighted by atomic mass is 10.2. The average molecular weight is 424 g/mol. The first-order valence-corrected chi connectivity index (χ1v) is 10.4. The number of halogens is 2. The van der Waals surface area contributed by atoms with Crippen LogP contribution in [-0.2, 0) is 0 Å². The first-order chi connectivity index (χ1) is 14.7. The van der Waals surface area contributed by atoms with Gasteiger partial charge in [0.25, 0.3) is 0 Å². The minimum Gasteiger partial charge on any atom is -0.365 e. The Balaban J connectivity index is 1.63. The highest BCUT2D eigenvalue weighted by Gasteiger charge is 2.21. The molecule has 1 fully saturated rings. The Hall–Kier alpha value is -3.17. The molecule has 0 bridgehead atoms. The van der Waals surface area contributed by atoms with Crippen LogP contribution in [0.25, 0.3) is 21.6 Å². The van der Waals surface area contributed by atoms with E-state index in [0.29, 0.717) is 22.7 Å². The number of nitrogens with zero attached hydrogens (tertiary/aromatic N) is 3. The SMILES string of the molecule is Fc1ccccc1Nc1csc2c(NC3CCNC3)nc(-c3ccncc3F)nc12. The van der Waals surface area contributed by atoms with Crippen molar-refractivity contribution in [2.75, 3.05) is 23.7 Å². The lowest BCUT2D eigenvalue weighted by Gasteiger charge is -2.14. The van der Waals surface area contributed by atoms with Gasteiger partial charge in [-0.1, -0.05) is 12.1 Å². The molecule has 0 radical (unpaired) electrons. The molecule has 3 N–H and O–H groups in total. The minimum absolute atomic E-state index is 0.225. The largest absolute Gasteiger partial charge is 0.365 e. The molecule has 4 aromatic rings. The first kappa shape index (κ1) is 18.8. The number of nitrogens with one attached hydrogen (secondary N) is 3. The molecule has 1 aromatic carbocycles. The van der Waals surface area contributed by atoms with E-state index < -0.39 is 5.82 Å². The molecule has 9 heteroatoms. The monoisotopic (exact) mass is 424 g/mol. The van der Waals surface area contributed by atoms with Crippen LogP contribution in [0.1, 0.15) is 6.42 Å². The summed E-state index contributed by atoms with van der Waals surface area (Å²) in [7, 11) is 0. The third kappa shape index (κ3) is 3.57. The molecule has 1 unspecified atom stereocenters. The standard InChI is InChI=1S/C21H18F2N6S/c22-14-3-1-2-4-16(14)27-17-11-30-19-18(17)28-20(13-6-8-25-10-15(13)23)29-21(19)26-12-5-7-24-9-12/h1-4,6,8,10-12,24,27H,5,7,9H2,(H,26,28,29). The molecule has 152 valence electrons. The summed E-state index contributed by atoms with van der Waals surface area (Å²) < 4.78 is 29.4. The number of aromatic nitrogens is 3. The second-order valence-corrected chi connectivity index (χ2v) is 7.90. The summed E-state index contributed by atoms with van der Waals surface area (Å²) >= 11 is 1.46. The van der Waals surface area contributed by atoms with Crippen LogP contribution in [0.2, 0.25) is 0 Å². The Morgan fingerprint density at radius 2 is 1.97 bits per heavy atom. The van der Waals surface area contributed by atoms with Crippen molar-refractivity contribution < 1.29 is 8.78 Å². The summed E-state index contributed by atoms with van der Waals surface area (Å²) in [6, 6.07) is 8.22. The number of para-hydroxylation sites is 1. The molecular formula is C21H18F2N6S. The summed E-state index contributed by atoms with van der Waals surface area (Å²) in [6.45, 7) is 1.76. The van der Waals surface area contributed by atoms with E-state index in [-0.39, 0.29) is 23.2 Å². The fourth-order valence-electron chi connectivity index (χ4n) is 3.46. The number of fused-ring (bicyclic) bond motifs is 1. The van der Waals surface area contributed by atoms with Crippen LogP contribution in [0.4, 0.5) is 26.0 Å². The Morgan fingerprint density at radius 1 is 1.07 bits per heavy atom. The molecule has 30 heavy (non-hydrogen) atoms. The van der Waals surface area contributed by atoms with E-state index in [1.54, 1.807) is 24.3 Å². The van der Waals surface area contributed by atoms with Crippen LogP contribution < -0.4 is 16.0 Å². The normalized spacial score (nSPS) is 16.1. The zero-order valence-electron chi connectivity index (χ0n) is 15.8. The number of anilines is 3. The number of thiophene rings is 1. The van der Waals surface area contributed by atoms with Crippen molar-refractivity contribution >= 4 is 38.7 Å². The average Bonchev–Trinajstić information content (AvgIpc) is 3.40. The third-order valence-electron chi connectivity index (χ3n) is 4.97. The molecule has 6 nitrogen and oxygen atoms in total. The van der Waals surface area contributed by atoms with Crippen LogP contribution in [0, 0.1) is 11.6 Å². The van der Waals surface area contributed by atoms with Gasteiger partial charge in [0.15, 0.2) is 11.6 Å². The van der Waals surface area contributed by atoms with Gasteiger partial charge in [0.05, 0.1) is 27.8 Å². The van der Waals surface area contributed by atoms with E-state index in [0.717, 1.165) is 30.4 Å². The molecule has 3 aromatic heterocycles. The molecule has 5 rings (SSSR count). The van der Waals surface area contributed by atoms with Gasteiger partial charge in [0, 0.05) is 24.2 Å². The van der Waals surface area contributed by atoms with E-state index in [4.69, 9.17) is 0 Å². The Bertz CT molecular complexity index is 1210. The van der Waals surface area contributed by atoms with Crippen molar-refractivity contribution in [3.05, 3.63) is 59.7 Å². The Labute approximate surface area is 175 Å². The maximum absolute atomic E-state index is 14.4. The van der Waals surface area contributed by atoms with Crippen LogP contribution in [0.5, 0.6) is 0 Å². The predicted molar refractivity (Wildman–Crippen MR) is 115 cm³/mol. The van der Waals surface area contributed by atoms with E-state index in [9.17, 15) is 8.78 Å². The quantitative estimate of drug-likeness (QED) is 0.437. The maximum atomic E-state index is 14.4. The topological polar surface area (TPSA) is 74.8 Å². The molecule has 0 amide bonds. The lowest BCUT2D eigenvalue weighted by Crippen LogP contribution is -2.23. The van der Waals surface area contributed by atoms with Crippen molar-refractivity contribution in [1.29, 1.82) is 0 Å². The van der Waals surface area contributed by atoms with Crippen LogP contribution in [0.3, 0.4) is 0 Å². The summed E-state index contributed by atoms with van der Waals surface area (Å²) in [6.07, 6.45) is 3.62. The van der Waals surface area contributed by atoms with Crippen LogP contribution in [0.15, 0.2) is 48.1 Å². The van der Waals surface area contributed by atoms with Gasteiger partial charge in [0.2, 0.25) is 0 Å². The van der Waals surface area contributed by atoms with Crippen LogP contribution >= 0.6 is 11.3 Å². The van der Waals surface area contributed by atoms with Crippen molar-refractivity contribution in [3.8, 4) is 11.4 Å². The van der Waals surface area contributed by atoms with Gasteiger partial charge >= 0.3 is 0 Å². The summed E-state index contributed by atoms with van der Waals surface area (Å²) in [5, 5.41) is 11.8. The van der Waals surface area contributed by atoms with E-state index in [1.165, 1.54) is 23.6 Å².